The van der Waals surface area contributed by atoms with Gasteiger partial charge in [-0.25, -0.2) is 4.99 Å². The fourth-order valence-corrected chi connectivity index (χ4v) is 4.11. The minimum atomic E-state index is -0.495. The molecule has 34 heavy (non-hydrogen) atoms. The third-order valence-electron chi connectivity index (χ3n) is 5.77. The molecule has 1 saturated heterocycles. The Kier molecular flexibility index (Phi) is 6.68. The predicted octanol–water partition coefficient (Wildman–Crippen LogP) is 2.67. The number of nitro groups is 1. The average Bonchev–Trinajstić information content (AvgIpc) is 3.32. The van der Waals surface area contributed by atoms with E-state index in [4.69, 9.17) is 4.84 Å². The number of rotatable bonds is 6. The standard InChI is InChI=1S/C22H22N6O5.ClH/c29-14-2-4-18-16(12-14)20(26-33-10-9-27-7-5-23-6-8-27)21(24-18)19-15-11-13(28(31)32)1-3-17(15)25-22(19)30;/h1-4,11-12,23,25,29-30H,5-10H2;1H/b26-20+;. The number of hydrogen-bond donors (Lipinski definition) is 4. The van der Waals surface area contributed by atoms with Crippen molar-refractivity contribution in [2.75, 3.05) is 39.3 Å². The summed E-state index contributed by atoms with van der Waals surface area (Å²) in [7, 11) is 0. The van der Waals surface area contributed by atoms with Crippen LogP contribution in [0.5, 0.6) is 11.6 Å². The van der Waals surface area contributed by atoms with Crippen molar-refractivity contribution in [2.24, 2.45) is 10.1 Å². The molecule has 0 unspecified atom stereocenters. The van der Waals surface area contributed by atoms with Gasteiger partial charge < -0.3 is 25.4 Å². The zero-order valence-electron chi connectivity index (χ0n) is 18.0. The van der Waals surface area contributed by atoms with Crippen LogP contribution in [-0.4, -0.2) is 75.8 Å². The normalized spacial score (nSPS) is 16.8. The number of aliphatic imine (C=N–C) groups is 1. The summed E-state index contributed by atoms with van der Waals surface area (Å²) in [4.78, 5) is 26.1. The van der Waals surface area contributed by atoms with Crippen LogP contribution in [-0.2, 0) is 4.84 Å². The highest BCUT2D eigenvalue weighted by Gasteiger charge is 2.30. The van der Waals surface area contributed by atoms with Gasteiger partial charge in [0.2, 0.25) is 0 Å². The Labute approximate surface area is 200 Å². The Morgan fingerprint density at radius 2 is 1.97 bits per heavy atom. The lowest BCUT2D eigenvalue weighted by Crippen LogP contribution is -2.44. The van der Waals surface area contributed by atoms with E-state index in [9.17, 15) is 20.3 Å². The number of nitrogens with one attached hydrogen (secondary N) is 2. The maximum atomic E-state index is 11.3. The largest absolute Gasteiger partial charge is 0.508 e. The van der Waals surface area contributed by atoms with Crippen molar-refractivity contribution in [3.63, 3.8) is 0 Å². The predicted molar refractivity (Wildman–Crippen MR) is 130 cm³/mol. The minimum Gasteiger partial charge on any atom is -0.508 e. The van der Waals surface area contributed by atoms with Crippen LogP contribution in [0.2, 0.25) is 0 Å². The Hall–Kier alpha value is -3.67. The van der Waals surface area contributed by atoms with Crippen LogP contribution < -0.4 is 5.32 Å². The summed E-state index contributed by atoms with van der Waals surface area (Å²) in [6, 6.07) is 8.95. The monoisotopic (exact) mass is 486 g/mol. The van der Waals surface area contributed by atoms with E-state index in [1.54, 1.807) is 6.07 Å². The molecular weight excluding hydrogens is 464 g/mol. The summed E-state index contributed by atoms with van der Waals surface area (Å²) in [5.41, 5.74) is 2.44. The number of non-ortho nitro benzene ring substituents is 1. The Morgan fingerprint density at radius 1 is 1.18 bits per heavy atom. The van der Waals surface area contributed by atoms with E-state index in [0.717, 1.165) is 26.2 Å². The number of nitrogens with zero attached hydrogens (tertiary/aromatic N) is 4. The van der Waals surface area contributed by atoms with E-state index in [-0.39, 0.29) is 35.3 Å². The lowest BCUT2D eigenvalue weighted by molar-refractivity contribution is -0.384. The van der Waals surface area contributed by atoms with E-state index in [0.29, 0.717) is 46.7 Å². The van der Waals surface area contributed by atoms with Crippen LogP contribution in [0.15, 0.2) is 46.5 Å². The van der Waals surface area contributed by atoms with Crippen LogP contribution in [0.3, 0.4) is 0 Å². The third-order valence-corrected chi connectivity index (χ3v) is 5.77. The van der Waals surface area contributed by atoms with Gasteiger partial charge in [0.15, 0.2) is 5.88 Å². The maximum Gasteiger partial charge on any atom is 0.270 e. The summed E-state index contributed by atoms with van der Waals surface area (Å²) in [6.45, 7) is 4.81. The van der Waals surface area contributed by atoms with Crippen molar-refractivity contribution in [1.82, 2.24) is 15.2 Å². The van der Waals surface area contributed by atoms with Crippen molar-refractivity contribution in [2.45, 2.75) is 0 Å². The van der Waals surface area contributed by atoms with Gasteiger partial charge in [0, 0.05) is 61.3 Å². The molecule has 1 aromatic heterocycles. The second-order valence-electron chi connectivity index (χ2n) is 7.86. The Balaban J connectivity index is 0.00000274. The van der Waals surface area contributed by atoms with Gasteiger partial charge in [-0.3, -0.25) is 15.0 Å². The summed E-state index contributed by atoms with van der Waals surface area (Å²) in [5.74, 6) is -0.146. The number of phenols is 1. The molecule has 4 N–H and O–H groups in total. The molecule has 2 aliphatic rings. The van der Waals surface area contributed by atoms with E-state index >= 15 is 0 Å². The van der Waals surface area contributed by atoms with Gasteiger partial charge >= 0.3 is 0 Å². The topological polar surface area (TPSA) is 149 Å². The lowest BCUT2D eigenvalue weighted by atomic mass is 10.0. The Morgan fingerprint density at radius 3 is 2.74 bits per heavy atom. The molecule has 5 rings (SSSR count). The summed E-state index contributed by atoms with van der Waals surface area (Å²) in [5, 5.41) is 40.0. The number of halogens is 1. The van der Waals surface area contributed by atoms with Gasteiger partial charge in [-0.05, 0) is 24.3 Å². The number of oxime groups is 1. The summed E-state index contributed by atoms with van der Waals surface area (Å²) >= 11 is 0. The number of hydrogen-bond acceptors (Lipinski definition) is 9. The van der Waals surface area contributed by atoms with Crippen LogP contribution in [0.4, 0.5) is 11.4 Å². The molecule has 2 aromatic carbocycles. The molecule has 3 heterocycles. The quantitative estimate of drug-likeness (QED) is 0.238. The number of H-pyrrole nitrogens is 1. The van der Waals surface area contributed by atoms with Gasteiger partial charge in [0.25, 0.3) is 5.69 Å². The molecule has 11 nitrogen and oxygen atoms in total. The number of aromatic nitrogens is 1. The number of aromatic hydroxyl groups is 2. The fraction of sp³-hybridized carbons (Fsp3) is 0.273. The third kappa shape index (κ3) is 4.40. The first-order chi connectivity index (χ1) is 16.0. The van der Waals surface area contributed by atoms with E-state index < -0.39 is 4.92 Å². The Bertz CT molecular complexity index is 1300. The molecule has 1 fully saturated rings. The van der Waals surface area contributed by atoms with Gasteiger partial charge in [-0.15, -0.1) is 12.4 Å². The smallest absolute Gasteiger partial charge is 0.270 e. The highest BCUT2D eigenvalue weighted by atomic mass is 35.5. The lowest BCUT2D eigenvalue weighted by Gasteiger charge is -2.26. The molecule has 2 aliphatic heterocycles. The number of benzene rings is 2. The van der Waals surface area contributed by atoms with Crippen molar-refractivity contribution in [1.29, 1.82) is 0 Å². The zero-order chi connectivity index (χ0) is 22.9. The number of piperazine rings is 1. The molecule has 0 spiro atoms. The molecule has 0 saturated carbocycles. The molecule has 0 atom stereocenters. The molecular formula is C22H23ClN6O5. The number of fused-ring (bicyclic) bond motifs is 2. The van der Waals surface area contributed by atoms with Gasteiger partial charge in [0.05, 0.1) is 16.2 Å². The molecule has 3 aromatic rings. The molecule has 0 bridgehead atoms. The van der Waals surface area contributed by atoms with Gasteiger partial charge in [-0.1, -0.05) is 5.16 Å². The van der Waals surface area contributed by atoms with Gasteiger partial charge in [-0.2, -0.15) is 0 Å². The van der Waals surface area contributed by atoms with Crippen molar-refractivity contribution in [3.05, 3.63) is 57.6 Å². The highest BCUT2D eigenvalue weighted by molar-refractivity contribution is 6.58. The van der Waals surface area contributed by atoms with Crippen molar-refractivity contribution >= 4 is 46.1 Å². The van der Waals surface area contributed by atoms with Crippen molar-refractivity contribution in [3.8, 4) is 11.6 Å². The molecule has 0 radical (unpaired) electrons. The molecule has 0 aliphatic carbocycles. The molecule has 12 heteroatoms. The van der Waals surface area contributed by atoms with Crippen LogP contribution in [0.25, 0.3) is 10.9 Å². The number of aromatic amines is 1. The van der Waals surface area contributed by atoms with E-state index in [1.807, 2.05) is 0 Å². The van der Waals surface area contributed by atoms with E-state index in [1.165, 1.54) is 30.3 Å². The van der Waals surface area contributed by atoms with Crippen LogP contribution in [0.1, 0.15) is 11.1 Å². The highest BCUT2D eigenvalue weighted by Crippen LogP contribution is 2.38. The molecule has 178 valence electrons. The molecule has 0 amide bonds. The summed E-state index contributed by atoms with van der Waals surface area (Å²) < 4.78 is 0. The second kappa shape index (κ2) is 9.67. The maximum absolute atomic E-state index is 11.3. The number of nitro benzene ring substituents is 1. The fourth-order valence-electron chi connectivity index (χ4n) is 4.11. The van der Waals surface area contributed by atoms with Gasteiger partial charge in [0.1, 0.15) is 23.8 Å². The first kappa shape index (κ1) is 23.5. The first-order valence-electron chi connectivity index (χ1n) is 10.6. The van der Waals surface area contributed by atoms with E-state index in [2.05, 4.69) is 25.3 Å². The first-order valence-corrected chi connectivity index (χ1v) is 10.6. The summed E-state index contributed by atoms with van der Waals surface area (Å²) in [6.07, 6.45) is 0. The zero-order valence-corrected chi connectivity index (χ0v) is 18.8. The van der Waals surface area contributed by atoms with Crippen LogP contribution >= 0.6 is 12.4 Å². The SMILES string of the molecule is Cl.O=[N+]([O-])c1ccc2[nH]c(O)c(C3=Nc4ccc(O)cc4/C3=N\OCCN3CCNCC3)c2c1. The number of phenolic OH excluding ortho intramolecular Hbond substituents is 1. The van der Waals surface area contributed by atoms with Crippen LogP contribution in [0, 0.1) is 10.1 Å². The average molecular weight is 487 g/mol. The second-order valence-corrected chi connectivity index (χ2v) is 7.86. The van der Waals surface area contributed by atoms with Crippen molar-refractivity contribution < 1.29 is 20.0 Å². The minimum absolute atomic E-state index is 0.